The van der Waals surface area contributed by atoms with E-state index in [-0.39, 0.29) is 30.9 Å². The number of piperidine rings is 1. The molecule has 34 heavy (non-hydrogen) atoms. The number of hydrogen-bond donors (Lipinski definition) is 1. The van der Waals surface area contributed by atoms with Gasteiger partial charge < -0.3 is 20.3 Å². The molecule has 0 radical (unpaired) electrons. The summed E-state index contributed by atoms with van der Waals surface area (Å²) in [6.07, 6.45) is 2.76. The summed E-state index contributed by atoms with van der Waals surface area (Å²) in [6.45, 7) is 9.23. The monoisotopic (exact) mass is 487 g/mol. The highest BCUT2D eigenvalue weighted by atomic mass is 35.5. The molecule has 2 aliphatic rings. The van der Waals surface area contributed by atoms with E-state index in [2.05, 4.69) is 21.8 Å². The third-order valence-electron chi connectivity index (χ3n) is 6.38. The molecule has 1 amide bonds. The Labute approximate surface area is 204 Å². The minimum absolute atomic E-state index is 0.0489. The maximum atomic E-state index is 14.1. The van der Waals surface area contributed by atoms with Crippen LogP contribution in [0.25, 0.3) is 5.57 Å². The molecule has 1 saturated heterocycles. The second-order valence-corrected chi connectivity index (χ2v) is 9.37. The number of carbonyl (C=O) groups excluding carboxylic acids is 1. The Morgan fingerprint density at radius 1 is 1.21 bits per heavy atom. The maximum absolute atomic E-state index is 14.1. The average molecular weight is 488 g/mol. The quantitative estimate of drug-likeness (QED) is 0.663. The molecule has 7 nitrogen and oxygen atoms in total. The molecule has 0 unspecified atom stereocenters. The standard InChI is InChI=1S/C25H31ClFN5O2/c1-4-9-31-10-7-18(8-11-31)34-22-12-17(27)5-6-19(22)25(33)32-13-20(21(28)14-32)24-29-15(2)23(26)16(3)30-24/h5-6,12,18H,4,7-11,13-14,28H2,1-3H3. The number of halogens is 2. The van der Waals surface area contributed by atoms with Gasteiger partial charge in [0.2, 0.25) is 0 Å². The molecule has 0 spiro atoms. The van der Waals surface area contributed by atoms with Gasteiger partial charge >= 0.3 is 0 Å². The molecular weight excluding hydrogens is 457 g/mol. The van der Waals surface area contributed by atoms with Gasteiger partial charge in [-0.25, -0.2) is 14.4 Å². The zero-order chi connectivity index (χ0) is 24.4. The third kappa shape index (κ3) is 5.18. The summed E-state index contributed by atoms with van der Waals surface area (Å²) in [7, 11) is 0. The number of aromatic nitrogens is 2. The molecule has 0 saturated carbocycles. The minimum Gasteiger partial charge on any atom is -0.489 e. The Bertz CT molecular complexity index is 1090. The molecule has 1 fully saturated rings. The Balaban J connectivity index is 1.50. The zero-order valence-corrected chi connectivity index (χ0v) is 20.7. The molecule has 2 aromatic rings. The smallest absolute Gasteiger partial charge is 0.258 e. The van der Waals surface area contributed by atoms with Crippen LogP contribution in [-0.4, -0.2) is 64.5 Å². The van der Waals surface area contributed by atoms with Crippen molar-refractivity contribution in [3.8, 4) is 5.75 Å². The molecule has 0 bridgehead atoms. The van der Waals surface area contributed by atoms with Gasteiger partial charge in [0.1, 0.15) is 17.7 Å². The number of ether oxygens (including phenoxy) is 1. The van der Waals surface area contributed by atoms with Crippen molar-refractivity contribution in [2.75, 3.05) is 32.7 Å². The van der Waals surface area contributed by atoms with Crippen LogP contribution in [0.3, 0.4) is 0 Å². The van der Waals surface area contributed by atoms with Crippen molar-refractivity contribution >= 4 is 23.1 Å². The van der Waals surface area contributed by atoms with Gasteiger partial charge in [0.05, 0.1) is 35.1 Å². The van der Waals surface area contributed by atoms with Gasteiger partial charge in [0.15, 0.2) is 5.82 Å². The Hall–Kier alpha value is -2.71. The number of hydrogen-bond acceptors (Lipinski definition) is 6. The van der Waals surface area contributed by atoms with Gasteiger partial charge in [-0.3, -0.25) is 4.79 Å². The van der Waals surface area contributed by atoms with Crippen LogP contribution in [0.1, 0.15) is 53.8 Å². The highest BCUT2D eigenvalue weighted by Gasteiger charge is 2.30. The van der Waals surface area contributed by atoms with E-state index >= 15 is 0 Å². The Kier molecular flexibility index (Phi) is 7.38. The number of benzene rings is 1. The lowest BCUT2D eigenvalue weighted by Gasteiger charge is -2.32. The summed E-state index contributed by atoms with van der Waals surface area (Å²) in [5, 5.41) is 0.516. The molecule has 1 aromatic carbocycles. The first-order valence-electron chi connectivity index (χ1n) is 11.7. The fourth-order valence-electron chi connectivity index (χ4n) is 4.53. The van der Waals surface area contributed by atoms with Crippen molar-refractivity contribution in [2.45, 2.75) is 46.1 Å². The number of carbonyl (C=O) groups is 1. The SMILES string of the molecule is CCCN1CCC(Oc2cc(F)ccc2C(=O)N2CC(N)=C(c3nc(C)c(Cl)c(C)n3)C2)CC1. The molecule has 0 atom stereocenters. The first-order chi connectivity index (χ1) is 16.3. The summed E-state index contributed by atoms with van der Waals surface area (Å²) in [4.78, 5) is 26.4. The third-order valence-corrected chi connectivity index (χ3v) is 6.93. The predicted octanol–water partition coefficient (Wildman–Crippen LogP) is 3.96. The van der Waals surface area contributed by atoms with E-state index in [0.717, 1.165) is 38.9 Å². The van der Waals surface area contributed by atoms with Crippen LogP contribution in [0.15, 0.2) is 23.9 Å². The molecule has 4 rings (SSSR count). The van der Waals surface area contributed by atoms with Gasteiger partial charge in [-0.1, -0.05) is 18.5 Å². The molecule has 3 heterocycles. The fourth-order valence-corrected chi connectivity index (χ4v) is 4.62. The normalized spacial score (nSPS) is 17.5. The molecule has 1 aromatic heterocycles. The van der Waals surface area contributed by atoms with E-state index < -0.39 is 5.82 Å². The van der Waals surface area contributed by atoms with Crippen LogP contribution in [0, 0.1) is 19.7 Å². The summed E-state index contributed by atoms with van der Waals surface area (Å²) in [5.74, 6) is 0.0519. The zero-order valence-electron chi connectivity index (χ0n) is 19.9. The van der Waals surface area contributed by atoms with Crippen LogP contribution >= 0.6 is 11.6 Å². The van der Waals surface area contributed by atoms with E-state index in [1.807, 2.05) is 13.8 Å². The Morgan fingerprint density at radius 2 is 1.88 bits per heavy atom. The predicted molar refractivity (Wildman–Crippen MR) is 130 cm³/mol. The van der Waals surface area contributed by atoms with Crippen molar-refractivity contribution in [2.24, 2.45) is 5.73 Å². The van der Waals surface area contributed by atoms with Crippen molar-refractivity contribution in [1.82, 2.24) is 19.8 Å². The lowest BCUT2D eigenvalue weighted by molar-refractivity contribution is 0.0773. The first-order valence-corrected chi connectivity index (χ1v) is 12.1. The van der Waals surface area contributed by atoms with Crippen molar-refractivity contribution in [1.29, 1.82) is 0 Å². The van der Waals surface area contributed by atoms with Crippen molar-refractivity contribution < 1.29 is 13.9 Å². The largest absolute Gasteiger partial charge is 0.489 e. The molecule has 182 valence electrons. The number of likely N-dealkylation sites (tertiary alicyclic amines) is 1. The number of rotatable bonds is 6. The van der Waals surface area contributed by atoms with Crippen LogP contribution in [-0.2, 0) is 0 Å². The summed E-state index contributed by atoms with van der Waals surface area (Å²) in [5.41, 5.74) is 9.16. The molecule has 2 aliphatic heterocycles. The summed E-state index contributed by atoms with van der Waals surface area (Å²) < 4.78 is 20.2. The summed E-state index contributed by atoms with van der Waals surface area (Å²) in [6, 6.07) is 4.07. The summed E-state index contributed by atoms with van der Waals surface area (Å²) >= 11 is 6.20. The molecule has 2 N–H and O–H groups in total. The van der Waals surface area contributed by atoms with Gasteiger partial charge in [-0.2, -0.15) is 0 Å². The molecule has 9 heteroatoms. The number of nitrogens with two attached hydrogens (primary N) is 1. The van der Waals surface area contributed by atoms with E-state index in [0.29, 0.717) is 39.1 Å². The van der Waals surface area contributed by atoms with E-state index in [1.54, 1.807) is 4.90 Å². The second-order valence-electron chi connectivity index (χ2n) is 9.00. The molecular formula is C25H31ClFN5O2. The first kappa shape index (κ1) is 24.4. The van der Waals surface area contributed by atoms with E-state index in [4.69, 9.17) is 22.1 Å². The second kappa shape index (κ2) is 10.3. The highest BCUT2D eigenvalue weighted by molar-refractivity contribution is 6.31. The highest BCUT2D eigenvalue weighted by Crippen LogP contribution is 2.30. The van der Waals surface area contributed by atoms with Gasteiger partial charge in [0, 0.05) is 30.4 Å². The van der Waals surface area contributed by atoms with Crippen molar-refractivity contribution in [3.05, 3.63) is 57.5 Å². The van der Waals surface area contributed by atoms with Gasteiger partial charge in [-0.05, 0) is 51.8 Å². The topological polar surface area (TPSA) is 84.6 Å². The van der Waals surface area contributed by atoms with Gasteiger partial charge in [-0.15, -0.1) is 0 Å². The number of aryl methyl sites for hydroxylation is 2. The van der Waals surface area contributed by atoms with Crippen LogP contribution < -0.4 is 10.5 Å². The van der Waals surface area contributed by atoms with Crippen molar-refractivity contribution in [3.63, 3.8) is 0 Å². The fraction of sp³-hybridized carbons (Fsp3) is 0.480. The lowest BCUT2D eigenvalue weighted by atomic mass is 10.1. The van der Waals surface area contributed by atoms with Crippen LogP contribution in [0.2, 0.25) is 5.02 Å². The van der Waals surface area contributed by atoms with E-state index in [9.17, 15) is 9.18 Å². The average Bonchev–Trinajstić information content (AvgIpc) is 3.20. The van der Waals surface area contributed by atoms with E-state index in [1.165, 1.54) is 18.2 Å². The lowest BCUT2D eigenvalue weighted by Crippen LogP contribution is -2.39. The minimum atomic E-state index is -0.435. The van der Waals surface area contributed by atoms with Crippen LogP contribution in [0.4, 0.5) is 4.39 Å². The Morgan fingerprint density at radius 3 is 2.53 bits per heavy atom. The van der Waals surface area contributed by atoms with Crippen LogP contribution in [0.5, 0.6) is 5.75 Å². The maximum Gasteiger partial charge on any atom is 0.258 e. The number of nitrogens with zero attached hydrogens (tertiary/aromatic N) is 4. The number of amides is 1. The molecule has 0 aliphatic carbocycles. The van der Waals surface area contributed by atoms with Gasteiger partial charge in [0.25, 0.3) is 5.91 Å².